The molecule has 0 radical (unpaired) electrons. The lowest BCUT2D eigenvalue weighted by atomic mass is 10.1. The Morgan fingerprint density at radius 1 is 1.07 bits per heavy atom. The van der Waals surface area contributed by atoms with E-state index in [2.05, 4.69) is 20.9 Å². The second-order valence-corrected chi connectivity index (χ2v) is 7.24. The second kappa shape index (κ2) is 14.1. The molecule has 0 heterocycles. The van der Waals surface area contributed by atoms with Crippen molar-refractivity contribution in [1.29, 1.82) is 0 Å². The van der Waals surface area contributed by atoms with E-state index in [4.69, 9.17) is 14.2 Å². The Labute approximate surface area is 196 Å². The third-order valence-electron chi connectivity index (χ3n) is 3.61. The van der Waals surface area contributed by atoms with Crippen molar-refractivity contribution in [3.05, 3.63) is 23.8 Å². The van der Waals surface area contributed by atoms with E-state index in [0.29, 0.717) is 42.7 Å². The zero-order valence-electron chi connectivity index (χ0n) is 18.6. The number of hydrogen-bond donors (Lipinski definition) is 4. The van der Waals surface area contributed by atoms with Gasteiger partial charge in [0.2, 0.25) is 0 Å². The summed E-state index contributed by atoms with van der Waals surface area (Å²) in [7, 11) is 3.11. The number of ether oxygens (including phenoxy) is 3. The molecule has 1 rings (SSSR count). The van der Waals surface area contributed by atoms with Crippen molar-refractivity contribution in [2.45, 2.75) is 39.4 Å². The summed E-state index contributed by atoms with van der Waals surface area (Å²) in [5, 5.41) is 19.3. The number of alkyl carbamates (subject to hydrolysis) is 1. The summed E-state index contributed by atoms with van der Waals surface area (Å²) in [6.45, 7) is 9.00. The Hall–Kier alpha value is -1.95. The first-order valence-corrected chi connectivity index (χ1v) is 9.58. The molecule has 0 saturated heterocycles. The van der Waals surface area contributed by atoms with Gasteiger partial charge in [-0.1, -0.05) is 0 Å². The summed E-state index contributed by atoms with van der Waals surface area (Å²) in [6.07, 6.45) is -1.29. The molecule has 0 aliphatic carbocycles. The summed E-state index contributed by atoms with van der Waals surface area (Å²) in [5.41, 5.74) is 0.111. The highest BCUT2D eigenvalue weighted by Crippen LogP contribution is 2.26. The number of methoxy groups -OCH3 is 2. The molecule has 30 heavy (non-hydrogen) atoms. The number of nitrogens with zero attached hydrogens (tertiary/aromatic N) is 1. The number of carbonyl (C=O) groups excluding carboxylic acids is 1. The van der Waals surface area contributed by atoms with Crippen LogP contribution in [-0.2, 0) is 4.74 Å². The molecular weight excluding hydrogens is 503 g/mol. The number of rotatable bonds is 9. The molecule has 0 spiro atoms. The zero-order chi connectivity index (χ0) is 21.9. The van der Waals surface area contributed by atoms with Crippen LogP contribution in [0.5, 0.6) is 11.5 Å². The van der Waals surface area contributed by atoms with Crippen LogP contribution < -0.4 is 25.4 Å². The summed E-state index contributed by atoms with van der Waals surface area (Å²) < 4.78 is 15.6. The number of halogens is 1. The van der Waals surface area contributed by atoms with Gasteiger partial charge in [-0.3, -0.25) is 4.99 Å². The maximum Gasteiger partial charge on any atom is 0.407 e. The van der Waals surface area contributed by atoms with Gasteiger partial charge in [0.15, 0.2) is 5.96 Å². The van der Waals surface area contributed by atoms with Crippen LogP contribution in [0, 0.1) is 0 Å². The van der Waals surface area contributed by atoms with Crippen molar-refractivity contribution >= 4 is 36.0 Å². The molecule has 0 aliphatic rings. The highest BCUT2D eigenvalue weighted by atomic mass is 127. The Kier molecular flexibility index (Phi) is 13.2. The molecule has 0 aromatic heterocycles. The Balaban J connectivity index is 0.00000841. The van der Waals surface area contributed by atoms with Gasteiger partial charge in [0, 0.05) is 25.7 Å². The normalized spacial score (nSPS) is 12.3. The number of benzene rings is 1. The van der Waals surface area contributed by atoms with Crippen LogP contribution in [0.4, 0.5) is 4.79 Å². The molecule has 0 bridgehead atoms. The minimum Gasteiger partial charge on any atom is -0.497 e. The third kappa shape index (κ3) is 11.3. The van der Waals surface area contributed by atoms with E-state index in [1.54, 1.807) is 32.4 Å². The van der Waals surface area contributed by atoms with Crippen LogP contribution in [-0.4, -0.2) is 63.2 Å². The van der Waals surface area contributed by atoms with Crippen LogP contribution in [0.2, 0.25) is 0 Å². The lowest BCUT2D eigenvalue weighted by Crippen LogP contribution is -2.42. The van der Waals surface area contributed by atoms with Gasteiger partial charge in [-0.05, 0) is 45.4 Å². The third-order valence-corrected chi connectivity index (χ3v) is 3.61. The van der Waals surface area contributed by atoms with E-state index >= 15 is 0 Å². The van der Waals surface area contributed by atoms with Crippen LogP contribution in [0.25, 0.3) is 0 Å². The lowest BCUT2D eigenvalue weighted by Gasteiger charge is -2.20. The van der Waals surface area contributed by atoms with Crippen molar-refractivity contribution < 1.29 is 24.1 Å². The number of guanidine groups is 1. The number of aliphatic imine (C=N–C) groups is 1. The Morgan fingerprint density at radius 2 is 1.63 bits per heavy atom. The molecule has 1 aromatic carbocycles. The number of aliphatic hydroxyl groups excluding tert-OH is 1. The van der Waals surface area contributed by atoms with Crippen molar-refractivity contribution in [2.24, 2.45) is 4.99 Å². The zero-order valence-corrected chi connectivity index (χ0v) is 20.9. The molecule has 0 fully saturated rings. The smallest absolute Gasteiger partial charge is 0.407 e. The molecule has 1 unspecified atom stereocenters. The number of nitrogens with one attached hydrogen (secondary N) is 3. The molecule has 9 nitrogen and oxygen atoms in total. The largest absolute Gasteiger partial charge is 0.497 e. The van der Waals surface area contributed by atoms with Gasteiger partial charge in [0.25, 0.3) is 0 Å². The summed E-state index contributed by atoms with van der Waals surface area (Å²) in [5.74, 6) is 1.73. The van der Waals surface area contributed by atoms with Crippen LogP contribution >= 0.6 is 24.0 Å². The van der Waals surface area contributed by atoms with E-state index < -0.39 is 17.8 Å². The predicted octanol–water partition coefficient (Wildman–Crippen LogP) is 2.44. The van der Waals surface area contributed by atoms with Gasteiger partial charge in [-0.25, -0.2) is 4.79 Å². The fourth-order valence-electron chi connectivity index (χ4n) is 2.31. The monoisotopic (exact) mass is 538 g/mol. The molecular formula is C20H35IN4O5. The van der Waals surface area contributed by atoms with Crippen molar-refractivity contribution in [2.75, 3.05) is 40.4 Å². The molecule has 0 aliphatic heterocycles. The van der Waals surface area contributed by atoms with Gasteiger partial charge in [0.1, 0.15) is 17.1 Å². The second-order valence-electron chi connectivity index (χ2n) is 7.24. The molecule has 1 amide bonds. The van der Waals surface area contributed by atoms with Gasteiger partial charge >= 0.3 is 6.09 Å². The molecule has 4 N–H and O–H groups in total. The Bertz CT molecular complexity index is 657. The minimum atomic E-state index is -0.825. The summed E-state index contributed by atoms with van der Waals surface area (Å²) in [6, 6.07) is 5.23. The number of aliphatic hydroxyl groups is 1. The minimum absolute atomic E-state index is 0. The maximum atomic E-state index is 11.6. The molecule has 1 atom stereocenters. The van der Waals surface area contributed by atoms with Gasteiger partial charge in [0.05, 0.1) is 26.9 Å². The average Bonchev–Trinajstić information content (AvgIpc) is 2.67. The van der Waals surface area contributed by atoms with E-state index in [-0.39, 0.29) is 30.5 Å². The standard InChI is InChI=1S/C20H34N4O5.HI/c1-7-21-18(22-8-9-23-19(26)29-20(2,3)4)24-13-17(25)14-10-15(27-5)12-16(11-14)28-6;/h10-12,17,25H,7-9,13H2,1-6H3,(H,23,26)(H2,21,22,24);1H. The highest BCUT2D eigenvalue weighted by molar-refractivity contribution is 14.0. The van der Waals surface area contributed by atoms with Crippen LogP contribution in [0.15, 0.2) is 23.2 Å². The SMILES string of the molecule is CCNC(=NCC(O)c1cc(OC)cc(OC)c1)NCCNC(=O)OC(C)(C)C.I. The van der Waals surface area contributed by atoms with E-state index in [0.717, 1.165) is 0 Å². The first-order chi connectivity index (χ1) is 13.7. The van der Waals surface area contributed by atoms with E-state index in [9.17, 15) is 9.90 Å². The highest BCUT2D eigenvalue weighted by Gasteiger charge is 2.15. The first-order valence-electron chi connectivity index (χ1n) is 9.58. The average molecular weight is 538 g/mol. The molecule has 172 valence electrons. The van der Waals surface area contributed by atoms with Crippen LogP contribution in [0.1, 0.15) is 39.4 Å². The van der Waals surface area contributed by atoms with Crippen molar-refractivity contribution in [3.8, 4) is 11.5 Å². The van der Waals surface area contributed by atoms with E-state index in [1.807, 2.05) is 27.7 Å². The number of hydrogen-bond acceptors (Lipinski definition) is 6. The predicted molar refractivity (Wildman–Crippen MR) is 128 cm³/mol. The first kappa shape index (κ1) is 28.1. The van der Waals surface area contributed by atoms with Gasteiger partial charge < -0.3 is 35.3 Å². The Morgan fingerprint density at radius 3 is 2.13 bits per heavy atom. The van der Waals surface area contributed by atoms with Crippen LogP contribution in [0.3, 0.4) is 0 Å². The van der Waals surface area contributed by atoms with Crippen molar-refractivity contribution in [3.63, 3.8) is 0 Å². The molecule has 0 saturated carbocycles. The fraction of sp³-hybridized carbons (Fsp3) is 0.600. The topological polar surface area (TPSA) is 113 Å². The van der Waals surface area contributed by atoms with E-state index in [1.165, 1.54) is 0 Å². The quantitative estimate of drug-likeness (QED) is 0.165. The number of amides is 1. The summed E-state index contributed by atoms with van der Waals surface area (Å²) >= 11 is 0. The molecule has 1 aromatic rings. The maximum absolute atomic E-state index is 11.6. The summed E-state index contributed by atoms with van der Waals surface area (Å²) in [4.78, 5) is 16.0. The lowest BCUT2D eigenvalue weighted by molar-refractivity contribution is 0.0529. The number of carbonyl (C=O) groups is 1. The van der Waals surface area contributed by atoms with Gasteiger partial charge in [-0.2, -0.15) is 0 Å². The fourth-order valence-corrected chi connectivity index (χ4v) is 2.31. The van der Waals surface area contributed by atoms with Crippen molar-refractivity contribution in [1.82, 2.24) is 16.0 Å². The van der Waals surface area contributed by atoms with Gasteiger partial charge in [-0.15, -0.1) is 24.0 Å². The molecule has 10 heteroatoms.